The molecule has 0 unspecified atom stereocenters. The third kappa shape index (κ3) is 3.28. The van der Waals surface area contributed by atoms with Crippen LogP contribution in [0, 0.1) is 0 Å². The lowest BCUT2D eigenvalue weighted by molar-refractivity contribution is 0.0656. The molecule has 0 saturated heterocycles. The van der Waals surface area contributed by atoms with Crippen molar-refractivity contribution in [1.29, 1.82) is 0 Å². The van der Waals surface area contributed by atoms with E-state index in [0.717, 1.165) is 0 Å². The molecule has 0 aromatic carbocycles. The van der Waals surface area contributed by atoms with Crippen LogP contribution in [0.4, 0.5) is 0 Å². The van der Waals surface area contributed by atoms with Gasteiger partial charge in [-0.05, 0) is 24.6 Å². The first-order chi connectivity index (χ1) is 12.6. The summed E-state index contributed by atoms with van der Waals surface area (Å²) in [6, 6.07) is 4.61. The molecule has 0 aliphatic carbocycles. The summed E-state index contributed by atoms with van der Waals surface area (Å²) in [4.78, 5) is 28.7. The molecule has 8 heteroatoms. The highest BCUT2D eigenvalue weighted by atomic mass is 16.5. The van der Waals surface area contributed by atoms with Crippen molar-refractivity contribution in [3.63, 3.8) is 0 Å². The van der Waals surface area contributed by atoms with Gasteiger partial charge in [-0.15, -0.1) is 0 Å². The third-order valence-electron chi connectivity index (χ3n) is 4.43. The minimum atomic E-state index is -1.07. The summed E-state index contributed by atoms with van der Waals surface area (Å²) < 4.78 is 12.4. The van der Waals surface area contributed by atoms with Crippen molar-refractivity contribution in [3.05, 3.63) is 47.0 Å². The molecule has 1 aliphatic rings. The SMILES string of the molecule is CC[C@@H](NC(=O)c1cc(C(=O)O)c2n1CCOC2)c1ncccc1OC. The van der Waals surface area contributed by atoms with Crippen LogP contribution in [0.5, 0.6) is 5.75 Å². The van der Waals surface area contributed by atoms with Crippen LogP contribution < -0.4 is 10.1 Å². The molecule has 138 valence electrons. The second-order valence-corrected chi connectivity index (χ2v) is 5.92. The molecule has 26 heavy (non-hydrogen) atoms. The summed E-state index contributed by atoms with van der Waals surface area (Å²) in [6.45, 7) is 2.99. The molecule has 0 radical (unpaired) electrons. The van der Waals surface area contributed by atoms with Crippen molar-refractivity contribution >= 4 is 11.9 Å². The Bertz CT molecular complexity index is 830. The van der Waals surface area contributed by atoms with E-state index in [1.165, 1.54) is 6.07 Å². The lowest BCUT2D eigenvalue weighted by Crippen LogP contribution is -2.32. The summed E-state index contributed by atoms with van der Waals surface area (Å²) in [5.74, 6) is -0.826. The molecule has 2 aromatic rings. The number of nitrogens with zero attached hydrogens (tertiary/aromatic N) is 2. The van der Waals surface area contributed by atoms with E-state index < -0.39 is 5.97 Å². The van der Waals surface area contributed by atoms with E-state index in [0.29, 0.717) is 42.4 Å². The van der Waals surface area contributed by atoms with Gasteiger partial charge in [-0.1, -0.05) is 6.92 Å². The Morgan fingerprint density at radius 2 is 2.31 bits per heavy atom. The number of nitrogens with one attached hydrogen (secondary N) is 1. The van der Waals surface area contributed by atoms with Gasteiger partial charge in [0.2, 0.25) is 0 Å². The molecule has 8 nitrogen and oxygen atoms in total. The van der Waals surface area contributed by atoms with Gasteiger partial charge in [0.15, 0.2) is 0 Å². The van der Waals surface area contributed by atoms with Crippen LogP contribution in [0.1, 0.15) is 51.6 Å². The zero-order valence-corrected chi connectivity index (χ0v) is 14.7. The number of carboxylic acid groups (broad SMARTS) is 1. The van der Waals surface area contributed by atoms with Crippen LogP contribution in [0.2, 0.25) is 0 Å². The minimum Gasteiger partial charge on any atom is -0.495 e. The van der Waals surface area contributed by atoms with E-state index in [1.807, 2.05) is 6.92 Å². The van der Waals surface area contributed by atoms with Crippen molar-refractivity contribution in [2.24, 2.45) is 0 Å². The van der Waals surface area contributed by atoms with Gasteiger partial charge in [-0.25, -0.2) is 4.79 Å². The van der Waals surface area contributed by atoms with Crippen molar-refractivity contribution in [3.8, 4) is 5.75 Å². The van der Waals surface area contributed by atoms with Crippen LogP contribution in [0.25, 0.3) is 0 Å². The Kier molecular flexibility index (Phi) is 5.22. The largest absolute Gasteiger partial charge is 0.495 e. The van der Waals surface area contributed by atoms with Gasteiger partial charge in [0.05, 0.1) is 37.6 Å². The number of pyridine rings is 1. The maximum absolute atomic E-state index is 12.9. The van der Waals surface area contributed by atoms with Crippen molar-refractivity contribution in [1.82, 2.24) is 14.9 Å². The summed E-state index contributed by atoms with van der Waals surface area (Å²) in [5, 5.41) is 12.3. The van der Waals surface area contributed by atoms with E-state index in [9.17, 15) is 14.7 Å². The van der Waals surface area contributed by atoms with Crippen LogP contribution in [0.15, 0.2) is 24.4 Å². The Balaban J connectivity index is 1.91. The highest BCUT2D eigenvalue weighted by Gasteiger charge is 2.27. The molecular weight excluding hydrogens is 338 g/mol. The van der Waals surface area contributed by atoms with Gasteiger partial charge in [-0.2, -0.15) is 0 Å². The highest BCUT2D eigenvalue weighted by molar-refractivity contribution is 5.98. The molecule has 0 spiro atoms. The molecular formula is C18H21N3O5. The first-order valence-electron chi connectivity index (χ1n) is 8.40. The molecule has 0 saturated carbocycles. The third-order valence-corrected chi connectivity index (χ3v) is 4.43. The fourth-order valence-electron chi connectivity index (χ4n) is 3.13. The smallest absolute Gasteiger partial charge is 0.337 e. The number of aromatic carboxylic acids is 1. The highest BCUT2D eigenvalue weighted by Crippen LogP contribution is 2.26. The number of methoxy groups -OCH3 is 1. The minimum absolute atomic E-state index is 0.0957. The molecule has 0 fully saturated rings. The van der Waals surface area contributed by atoms with Crippen LogP contribution in [-0.2, 0) is 17.9 Å². The summed E-state index contributed by atoms with van der Waals surface area (Å²) in [6.07, 6.45) is 2.26. The number of aromatic nitrogens is 2. The number of fused-ring (bicyclic) bond motifs is 1. The topological polar surface area (TPSA) is 103 Å². The van der Waals surface area contributed by atoms with Crippen LogP contribution in [0.3, 0.4) is 0 Å². The van der Waals surface area contributed by atoms with Crippen molar-refractivity contribution < 1.29 is 24.2 Å². The Labute approximate surface area is 150 Å². The molecule has 2 aromatic heterocycles. The monoisotopic (exact) mass is 359 g/mol. The second-order valence-electron chi connectivity index (χ2n) is 5.92. The van der Waals surface area contributed by atoms with E-state index in [4.69, 9.17) is 9.47 Å². The van der Waals surface area contributed by atoms with E-state index in [1.54, 1.807) is 30.0 Å². The fourth-order valence-corrected chi connectivity index (χ4v) is 3.13. The second kappa shape index (κ2) is 7.57. The Hall–Kier alpha value is -2.87. The molecule has 1 atom stereocenters. The number of rotatable bonds is 6. The van der Waals surface area contributed by atoms with Crippen molar-refractivity contribution in [2.45, 2.75) is 32.5 Å². The van der Waals surface area contributed by atoms with E-state index in [-0.39, 0.29) is 24.1 Å². The molecule has 3 rings (SSSR count). The van der Waals surface area contributed by atoms with Crippen LogP contribution in [-0.4, -0.2) is 40.3 Å². The predicted octanol–water partition coefficient (Wildman–Crippen LogP) is 2.00. The van der Waals surface area contributed by atoms with Gasteiger partial charge in [-0.3, -0.25) is 9.78 Å². The molecule has 0 bridgehead atoms. The number of ether oxygens (including phenoxy) is 2. The average molecular weight is 359 g/mol. The van der Waals surface area contributed by atoms with Crippen LogP contribution >= 0.6 is 0 Å². The maximum Gasteiger partial charge on any atom is 0.337 e. The number of carboxylic acids is 1. The van der Waals surface area contributed by atoms with Crippen molar-refractivity contribution in [2.75, 3.05) is 13.7 Å². The number of carbonyl (C=O) groups excluding carboxylic acids is 1. The molecule has 1 aliphatic heterocycles. The molecule has 3 heterocycles. The summed E-state index contributed by atoms with van der Waals surface area (Å²) in [5.41, 5.74) is 1.56. The van der Waals surface area contributed by atoms with Gasteiger partial charge in [0.1, 0.15) is 17.1 Å². The number of hydrogen-bond donors (Lipinski definition) is 2. The summed E-state index contributed by atoms with van der Waals surface area (Å²) >= 11 is 0. The fraction of sp³-hybridized carbons (Fsp3) is 0.389. The zero-order valence-electron chi connectivity index (χ0n) is 14.7. The number of hydrogen-bond acceptors (Lipinski definition) is 5. The zero-order chi connectivity index (χ0) is 18.7. The molecule has 1 amide bonds. The lowest BCUT2D eigenvalue weighted by Gasteiger charge is -2.21. The first-order valence-corrected chi connectivity index (χ1v) is 8.40. The predicted molar refractivity (Wildman–Crippen MR) is 92.3 cm³/mol. The van der Waals surface area contributed by atoms with Gasteiger partial charge >= 0.3 is 5.97 Å². The average Bonchev–Trinajstić information content (AvgIpc) is 3.06. The normalized spacial score (nSPS) is 14.4. The van der Waals surface area contributed by atoms with E-state index in [2.05, 4.69) is 10.3 Å². The quantitative estimate of drug-likeness (QED) is 0.818. The van der Waals surface area contributed by atoms with Gasteiger partial charge < -0.3 is 24.5 Å². The first kappa shape index (κ1) is 17.9. The summed E-state index contributed by atoms with van der Waals surface area (Å²) in [7, 11) is 1.55. The number of amides is 1. The van der Waals surface area contributed by atoms with E-state index >= 15 is 0 Å². The standard InChI is InChI=1S/C18H21N3O5/c1-3-12(16-15(25-2)5-4-6-19-16)20-17(22)13-9-11(18(23)24)14-10-26-8-7-21(13)14/h4-6,9,12H,3,7-8,10H2,1-2H3,(H,20,22)(H,23,24)/t12-/m1/s1. The lowest BCUT2D eigenvalue weighted by atomic mass is 10.1. The number of carbonyl (C=O) groups is 2. The Morgan fingerprint density at radius 3 is 3.00 bits per heavy atom. The van der Waals surface area contributed by atoms with Gasteiger partial charge in [0.25, 0.3) is 5.91 Å². The van der Waals surface area contributed by atoms with Gasteiger partial charge in [0, 0.05) is 12.7 Å². The Morgan fingerprint density at radius 1 is 1.50 bits per heavy atom. The maximum atomic E-state index is 12.9. The molecule has 2 N–H and O–H groups in total.